The van der Waals surface area contributed by atoms with E-state index in [1.165, 1.54) is 11.3 Å². The molecule has 1 atom stereocenters. The van der Waals surface area contributed by atoms with Crippen molar-refractivity contribution in [3.05, 3.63) is 64.1 Å². The fourth-order valence-electron chi connectivity index (χ4n) is 3.45. The molecule has 1 aliphatic heterocycles. The minimum Gasteiger partial charge on any atom is -0.320 e. The lowest BCUT2D eigenvalue weighted by Crippen LogP contribution is -2.34. The van der Waals surface area contributed by atoms with Gasteiger partial charge in [-0.25, -0.2) is 4.79 Å². The lowest BCUT2D eigenvalue weighted by molar-refractivity contribution is 0.102. The predicted molar refractivity (Wildman–Crippen MR) is 125 cm³/mol. The second-order valence-corrected chi connectivity index (χ2v) is 9.17. The molecule has 0 radical (unpaired) electrons. The predicted octanol–water partition coefficient (Wildman–Crippen LogP) is 5.19. The molecule has 3 aromatic rings. The monoisotopic (exact) mass is 453 g/mol. The van der Waals surface area contributed by atoms with E-state index in [0.29, 0.717) is 17.2 Å². The van der Waals surface area contributed by atoms with Crippen LogP contribution >= 0.6 is 23.1 Å². The summed E-state index contributed by atoms with van der Waals surface area (Å²) in [6, 6.07) is 15.0. The van der Waals surface area contributed by atoms with Gasteiger partial charge in [0, 0.05) is 22.8 Å². The molecule has 0 spiro atoms. The molecule has 0 saturated carbocycles. The molecule has 0 aliphatic carbocycles. The number of thioether (sulfide) groups is 1. The molecule has 2 N–H and O–H groups in total. The molecular weight excluding hydrogens is 430 g/mol. The van der Waals surface area contributed by atoms with E-state index in [4.69, 9.17) is 0 Å². The molecule has 9 heteroatoms. The van der Waals surface area contributed by atoms with Gasteiger partial charge >= 0.3 is 6.03 Å². The molecule has 2 heterocycles. The number of hydrogen-bond donors (Lipinski definition) is 2. The van der Waals surface area contributed by atoms with Crippen molar-refractivity contribution < 1.29 is 9.59 Å². The first-order chi connectivity index (χ1) is 15.0. The number of nitrogens with zero attached hydrogens (tertiary/aromatic N) is 3. The van der Waals surface area contributed by atoms with E-state index in [9.17, 15) is 9.59 Å². The Kier molecular flexibility index (Phi) is 6.53. The molecule has 2 aromatic carbocycles. The third kappa shape index (κ3) is 5.05. The number of carbonyl (C=O) groups excluding carboxylic acids is 2. The largest absolute Gasteiger partial charge is 0.322 e. The fraction of sp³-hybridized carbons (Fsp3) is 0.273. The van der Waals surface area contributed by atoms with E-state index >= 15 is 0 Å². The van der Waals surface area contributed by atoms with Gasteiger partial charge in [0.2, 0.25) is 5.01 Å². The standard InChI is InChI=1S/C22H23N5O2S2/c1-14-8-10-15(11-9-14)23-19(28)21-26-25-20(31-21)18-7-4-12-27(18)22(29)24-16-5-3-6-17(13-16)30-2/h3,5-6,8-11,13,18H,4,7,12H2,1-2H3,(H,23,28)(H,24,29). The Morgan fingerprint density at radius 3 is 2.68 bits per heavy atom. The van der Waals surface area contributed by atoms with Crippen LogP contribution in [0.5, 0.6) is 0 Å². The second kappa shape index (κ2) is 9.49. The first kappa shape index (κ1) is 21.3. The summed E-state index contributed by atoms with van der Waals surface area (Å²) in [7, 11) is 0. The number of amides is 3. The highest BCUT2D eigenvalue weighted by molar-refractivity contribution is 7.98. The van der Waals surface area contributed by atoms with E-state index in [1.54, 1.807) is 16.7 Å². The Labute approximate surface area is 189 Å². The average molecular weight is 454 g/mol. The molecule has 1 fully saturated rings. The summed E-state index contributed by atoms with van der Waals surface area (Å²) < 4.78 is 0. The highest BCUT2D eigenvalue weighted by Crippen LogP contribution is 2.34. The lowest BCUT2D eigenvalue weighted by atomic mass is 10.2. The van der Waals surface area contributed by atoms with Crippen LogP contribution < -0.4 is 10.6 Å². The molecule has 160 valence electrons. The van der Waals surface area contributed by atoms with Crippen LogP contribution in [-0.4, -0.2) is 39.8 Å². The number of aromatic nitrogens is 2. The number of hydrogen-bond acceptors (Lipinski definition) is 6. The van der Waals surface area contributed by atoms with Crippen molar-refractivity contribution in [1.29, 1.82) is 0 Å². The minimum absolute atomic E-state index is 0.165. The maximum atomic E-state index is 12.9. The molecule has 3 amide bonds. The topological polar surface area (TPSA) is 87.2 Å². The van der Waals surface area contributed by atoms with Gasteiger partial charge in [0.05, 0.1) is 6.04 Å². The zero-order chi connectivity index (χ0) is 21.8. The van der Waals surface area contributed by atoms with Crippen LogP contribution in [0.2, 0.25) is 0 Å². The Morgan fingerprint density at radius 1 is 1.10 bits per heavy atom. The molecule has 1 unspecified atom stereocenters. The third-order valence-corrected chi connectivity index (χ3v) is 6.81. The van der Waals surface area contributed by atoms with E-state index in [1.807, 2.05) is 61.7 Å². The SMILES string of the molecule is CSc1cccc(NC(=O)N2CCCC2c2nnc(C(=O)Nc3ccc(C)cc3)s2)c1. The lowest BCUT2D eigenvalue weighted by Gasteiger charge is -2.23. The van der Waals surface area contributed by atoms with Crippen LogP contribution in [0.4, 0.5) is 16.2 Å². The second-order valence-electron chi connectivity index (χ2n) is 7.28. The smallest absolute Gasteiger partial charge is 0.320 e. The van der Waals surface area contributed by atoms with Crippen molar-refractivity contribution >= 4 is 46.4 Å². The third-order valence-electron chi connectivity index (χ3n) is 5.06. The fourth-order valence-corrected chi connectivity index (χ4v) is 4.79. The number of carbonyl (C=O) groups is 2. The van der Waals surface area contributed by atoms with E-state index in [2.05, 4.69) is 20.8 Å². The summed E-state index contributed by atoms with van der Waals surface area (Å²) >= 11 is 2.86. The molecule has 31 heavy (non-hydrogen) atoms. The quantitative estimate of drug-likeness (QED) is 0.519. The van der Waals surface area contributed by atoms with E-state index in [-0.39, 0.29) is 23.0 Å². The van der Waals surface area contributed by atoms with Crippen molar-refractivity contribution in [3.63, 3.8) is 0 Å². The first-order valence-electron chi connectivity index (χ1n) is 9.96. The van der Waals surface area contributed by atoms with Crippen molar-refractivity contribution in [1.82, 2.24) is 15.1 Å². The number of benzene rings is 2. The number of nitrogens with one attached hydrogen (secondary N) is 2. The Bertz CT molecular complexity index is 1080. The number of anilines is 2. The van der Waals surface area contributed by atoms with Gasteiger partial charge in [0.25, 0.3) is 5.91 Å². The van der Waals surface area contributed by atoms with Gasteiger partial charge in [-0.2, -0.15) is 0 Å². The van der Waals surface area contributed by atoms with E-state index in [0.717, 1.165) is 29.0 Å². The van der Waals surface area contributed by atoms with Crippen LogP contribution in [0.25, 0.3) is 0 Å². The Morgan fingerprint density at radius 2 is 1.90 bits per heavy atom. The summed E-state index contributed by atoms with van der Waals surface area (Å²) in [5.41, 5.74) is 2.59. The van der Waals surface area contributed by atoms with Gasteiger partial charge in [0.15, 0.2) is 0 Å². The first-order valence-corrected chi connectivity index (χ1v) is 12.0. The van der Waals surface area contributed by atoms with Gasteiger partial charge in [-0.3, -0.25) is 4.79 Å². The molecule has 1 aromatic heterocycles. The average Bonchev–Trinajstić information content (AvgIpc) is 3.45. The van der Waals surface area contributed by atoms with Crippen LogP contribution in [0, 0.1) is 6.92 Å². The number of urea groups is 1. The maximum absolute atomic E-state index is 12.9. The summed E-state index contributed by atoms with van der Waals surface area (Å²) in [6.45, 7) is 2.63. The summed E-state index contributed by atoms with van der Waals surface area (Å²) in [4.78, 5) is 28.3. The van der Waals surface area contributed by atoms with Gasteiger partial charge in [-0.05, 0) is 56.4 Å². The summed E-state index contributed by atoms with van der Waals surface area (Å²) in [5.74, 6) is -0.296. The number of likely N-dealkylation sites (tertiary alicyclic amines) is 1. The van der Waals surface area contributed by atoms with Gasteiger partial charge in [-0.1, -0.05) is 35.1 Å². The van der Waals surface area contributed by atoms with Crippen molar-refractivity contribution in [2.45, 2.75) is 30.7 Å². The molecule has 7 nitrogen and oxygen atoms in total. The number of aryl methyl sites for hydroxylation is 1. The zero-order valence-electron chi connectivity index (χ0n) is 17.3. The Balaban J connectivity index is 1.43. The molecular formula is C22H23N5O2S2. The van der Waals surface area contributed by atoms with Gasteiger partial charge < -0.3 is 15.5 Å². The van der Waals surface area contributed by atoms with Crippen molar-refractivity contribution in [2.75, 3.05) is 23.4 Å². The highest BCUT2D eigenvalue weighted by Gasteiger charge is 2.33. The van der Waals surface area contributed by atoms with Crippen LogP contribution in [-0.2, 0) is 0 Å². The zero-order valence-corrected chi connectivity index (χ0v) is 18.9. The van der Waals surface area contributed by atoms with Crippen LogP contribution in [0.15, 0.2) is 53.4 Å². The number of rotatable bonds is 5. The maximum Gasteiger partial charge on any atom is 0.322 e. The van der Waals surface area contributed by atoms with Crippen LogP contribution in [0.1, 0.15) is 39.3 Å². The minimum atomic E-state index is -0.296. The van der Waals surface area contributed by atoms with E-state index < -0.39 is 0 Å². The molecule has 4 rings (SSSR count). The molecule has 0 bridgehead atoms. The normalized spacial score (nSPS) is 15.7. The highest BCUT2D eigenvalue weighted by atomic mass is 32.2. The molecule has 1 aliphatic rings. The van der Waals surface area contributed by atoms with Gasteiger partial charge in [-0.15, -0.1) is 22.0 Å². The Hall–Kier alpha value is -2.91. The summed E-state index contributed by atoms with van der Waals surface area (Å²) in [6.07, 6.45) is 3.68. The van der Waals surface area contributed by atoms with Crippen molar-refractivity contribution in [2.24, 2.45) is 0 Å². The summed E-state index contributed by atoms with van der Waals surface area (Å²) in [5, 5.41) is 15.1. The van der Waals surface area contributed by atoms with Crippen molar-refractivity contribution in [3.8, 4) is 0 Å². The molecule has 1 saturated heterocycles. The van der Waals surface area contributed by atoms with Crippen LogP contribution in [0.3, 0.4) is 0 Å². The van der Waals surface area contributed by atoms with Gasteiger partial charge in [0.1, 0.15) is 5.01 Å².